The van der Waals surface area contributed by atoms with Crippen molar-refractivity contribution >= 4 is 49.0 Å². The summed E-state index contributed by atoms with van der Waals surface area (Å²) in [5, 5.41) is 13.7. The Balaban J connectivity index is 1.65. The van der Waals surface area contributed by atoms with Crippen LogP contribution in [-0.2, 0) is 20.4 Å². The lowest BCUT2D eigenvalue weighted by Crippen LogP contribution is -2.36. The molecule has 164 valence electrons. The number of fused-ring (bicyclic) bond motifs is 1. The van der Waals surface area contributed by atoms with E-state index in [2.05, 4.69) is 26.0 Å². The van der Waals surface area contributed by atoms with Crippen LogP contribution in [0.25, 0.3) is 0 Å². The molecule has 0 aromatic heterocycles. The molecule has 9 heteroatoms. The van der Waals surface area contributed by atoms with E-state index < -0.39 is 33.7 Å². The number of anilines is 2. The molecule has 0 aliphatic carbocycles. The van der Waals surface area contributed by atoms with Gasteiger partial charge in [0.05, 0.1) is 17.0 Å². The van der Waals surface area contributed by atoms with E-state index in [0.29, 0.717) is 10.2 Å². The van der Waals surface area contributed by atoms with Crippen LogP contribution in [-0.4, -0.2) is 25.2 Å². The first-order valence-electron chi connectivity index (χ1n) is 9.66. The van der Waals surface area contributed by atoms with E-state index >= 15 is 0 Å². The second-order valence-electron chi connectivity index (χ2n) is 7.57. The van der Waals surface area contributed by atoms with Gasteiger partial charge in [0.2, 0.25) is 0 Å². The standard InChI is InChI=1S/C23H19BrN2O5S/c1-14-6-9-16(10-7-14)32(30,31)26-19-5-3-2-4-17(19)21(27)13-23(29)18-12-15(24)8-11-20(18)25-22(23)28/h2-12,26,29H,13H2,1H3,(H,25,28)/t23-/m1/s1. The topological polar surface area (TPSA) is 113 Å². The second-order valence-corrected chi connectivity index (χ2v) is 10.2. The summed E-state index contributed by atoms with van der Waals surface area (Å²) < 4.78 is 28.7. The fourth-order valence-electron chi connectivity index (χ4n) is 3.56. The summed E-state index contributed by atoms with van der Waals surface area (Å²) in [6.07, 6.45) is -0.550. The Kier molecular flexibility index (Phi) is 5.66. The van der Waals surface area contributed by atoms with Crippen LogP contribution in [0.1, 0.15) is 27.9 Å². The van der Waals surface area contributed by atoms with Crippen molar-refractivity contribution in [3.8, 4) is 0 Å². The van der Waals surface area contributed by atoms with Crippen molar-refractivity contribution in [2.75, 3.05) is 10.0 Å². The minimum atomic E-state index is -3.94. The second kappa shape index (κ2) is 8.16. The molecule has 3 N–H and O–H groups in total. The number of aliphatic hydroxyl groups is 1. The summed E-state index contributed by atoms with van der Waals surface area (Å²) in [5.74, 6) is -1.30. The van der Waals surface area contributed by atoms with Crippen LogP contribution in [0.2, 0.25) is 0 Å². The first kappa shape index (κ1) is 22.2. The van der Waals surface area contributed by atoms with Crippen LogP contribution in [0.3, 0.4) is 0 Å². The molecule has 0 bridgehead atoms. The molecular weight excluding hydrogens is 496 g/mol. The quantitative estimate of drug-likeness (QED) is 0.430. The Hall–Kier alpha value is -3.01. The molecule has 1 atom stereocenters. The molecule has 1 heterocycles. The lowest BCUT2D eigenvalue weighted by Gasteiger charge is -2.21. The summed E-state index contributed by atoms with van der Waals surface area (Å²) in [7, 11) is -3.94. The molecule has 0 fully saturated rings. The maximum atomic E-state index is 13.1. The Labute approximate surface area is 193 Å². The van der Waals surface area contributed by atoms with Gasteiger partial charge in [0.15, 0.2) is 11.4 Å². The molecule has 3 aromatic carbocycles. The monoisotopic (exact) mass is 514 g/mol. The van der Waals surface area contributed by atoms with E-state index in [1.165, 1.54) is 24.3 Å². The fraction of sp³-hybridized carbons (Fsp3) is 0.130. The number of hydrogen-bond donors (Lipinski definition) is 3. The number of amides is 1. The Morgan fingerprint density at radius 1 is 1.09 bits per heavy atom. The number of para-hydroxylation sites is 1. The molecule has 0 saturated heterocycles. The van der Waals surface area contributed by atoms with E-state index in [0.717, 1.165) is 5.56 Å². The number of carbonyl (C=O) groups is 2. The zero-order chi connectivity index (χ0) is 23.1. The average Bonchev–Trinajstić information content (AvgIpc) is 2.98. The molecular formula is C23H19BrN2O5S. The number of hydrogen-bond acceptors (Lipinski definition) is 5. The minimum Gasteiger partial charge on any atom is -0.375 e. The average molecular weight is 515 g/mol. The van der Waals surface area contributed by atoms with Gasteiger partial charge in [-0.15, -0.1) is 0 Å². The van der Waals surface area contributed by atoms with Gasteiger partial charge in [0.25, 0.3) is 15.9 Å². The molecule has 3 aromatic rings. The maximum Gasteiger partial charge on any atom is 0.261 e. The Morgan fingerprint density at radius 3 is 2.50 bits per heavy atom. The zero-order valence-corrected chi connectivity index (χ0v) is 19.3. The highest BCUT2D eigenvalue weighted by molar-refractivity contribution is 9.10. The number of benzene rings is 3. The van der Waals surface area contributed by atoms with Crippen LogP contribution >= 0.6 is 15.9 Å². The summed E-state index contributed by atoms with van der Waals surface area (Å²) in [6.45, 7) is 1.85. The van der Waals surface area contributed by atoms with Gasteiger partial charge in [-0.25, -0.2) is 8.42 Å². The van der Waals surface area contributed by atoms with Crippen LogP contribution in [0.5, 0.6) is 0 Å². The van der Waals surface area contributed by atoms with Gasteiger partial charge in [0.1, 0.15) is 0 Å². The van der Waals surface area contributed by atoms with Crippen molar-refractivity contribution in [2.45, 2.75) is 23.8 Å². The van der Waals surface area contributed by atoms with E-state index in [-0.39, 0.29) is 21.7 Å². The number of sulfonamides is 1. The van der Waals surface area contributed by atoms with E-state index in [4.69, 9.17) is 0 Å². The molecule has 1 aliphatic heterocycles. The predicted molar refractivity (Wildman–Crippen MR) is 124 cm³/mol. The first-order valence-corrected chi connectivity index (χ1v) is 11.9. The molecule has 1 amide bonds. The third-order valence-electron chi connectivity index (χ3n) is 5.27. The van der Waals surface area contributed by atoms with Crippen molar-refractivity contribution < 1.29 is 23.1 Å². The predicted octanol–water partition coefficient (Wildman–Crippen LogP) is 3.97. The highest BCUT2D eigenvalue weighted by Gasteiger charge is 2.47. The molecule has 1 aliphatic rings. The van der Waals surface area contributed by atoms with Crippen molar-refractivity contribution in [2.24, 2.45) is 0 Å². The van der Waals surface area contributed by atoms with Crippen LogP contribution in [0, 0.1) is 6.92 Å². The number of rotatable bonds is 6. The van der Waals surface area contributed by atoms with Crippen LogP contribution in [0.15, 0.2) is 76.1 Å². The van der Waals surface area contributed by atoms with Crippen molar-refractivity contribution in [3.63, 3.8) is 0 Å². The highest BCUT2D eigenvalue weighted by atomic mass is 79.9. The summed E-state index contributed by atoms with van der Waals surface area (Å²) in [5.41, 5.74) is -0.346. The molecule has 7 nitrogen and oxygen atoms in total. The number of nitrogens with one attached hydrogen (secondary N) is 2. The van der Waals surface area contributed by atoms with E-state index in [1.807, 2.05) is 6.92 Å². The molecule has 4 rings (SSSR count). The first-order chi connectivity index (χ1) is 15.1. The third kappa shape index (κ3) is 4.06. The molecule has 32 heavy (non-hydrogen) atoms. The Bertz CT molecular complexity index is 1340. The lowest BCUT2D eigenvalue weighted by molar-refractivity contribution is -0.133. The van der Waals surface area contributed by atoms with Gasteiger partial charge in [-0.2, -0.15) is 0 Å². The minimum absolute atomic E-state index is 0.0489. The number of halogens is 1. The smallest absolute Gasteiger partial charge is 0.261 e. The lowest BCUT2D eigenvalue weighted by atomic mass is 9.88. The van der Waals surface area contributed by atoms with Crippen molar-refractivity contribution in [3.05, 3.63) is 87.9 Å². The van der Waals surface area contributed by atoms with E-state index in [9.17, 15) is 23.1 Å². The SMILES string of the molecule is Cc1ccc(S(=O)(=O)Nc2ccccc2C(=O)C[C@]2(O)C(=O)Nc3ccc(Br)cc32)cc1. The molecule has 0 unspecified atom stereocenters. The van der Waals surface area contributed by atoms with E-state index in [1.54, 1.807) is 42.5 Å². The van der Waals surface area contributed by atoms with Crippen LogP contribution < -0.4 is 10.0 Å². The van der Waals surface area contributed by atoms with Gasteiger partial charge in [-0.3, -0.25) is 14.3 Å². The zero-order valence-electron chi connectivity index (χ0n) is 16.9. The van der Waals surface area contributed by atoms with Gasteiger partial charge in [-0.1, -0.05) is 45.8 Å². The third-order valence-corrected chi connectivity index (χ3v) is 7.15. The number of ketones is 1. The normalized spacial score (nSPS) is 17.5. The maximum absolute atomic E-state index is 13.1. The van der Waals surface area contributed by atoms with Gasteiger partial charge < -0.3 is 10.4 Å². The highest BCUT2D eigenvalue weighted by Crippen LogP contribution is 2.40. The largest absolute Gasteiger partial charge is 0.375 e. The van der Waals surface area contributed by atoms with Crippen molar-refractivity contribution in [1.82, 2.24) is 0 Å². The molecule has 0 radical (unpaired) electrons. The van der Waals surface area contributed by atoms with Gasteiger partial charge in [0, 0.05) is 21.3 Å². The molecule has 0 saturated carbocycles. The molecule has 0 spiro atoms. The van der Waals surface area contributed by atoms with Gasteiger partial charge in [-0.05, 0) is 49.4 Å². The van der Waals surface area contributed by atoms with Crippen molar-refractivity contribution in [1.29, 1.82) is 0 Å². The van der Waals surface area contributed by atoms with Crippen LogP contribution in [0.4, 0.5) is 11.4 Å². The number of carbonyl (C=O) groups excluding carboxylic acids is 2. The number of aryl methyl sites for hydroxylation is 1. The summed E-state index contributed by atoms with van der Waals surface area (Å²) in [4.78, 5) is 25.7. The summed E-state index contributed by atoms with van der Waals surface area (Å²) in [6, 6.07) is 17.3. The number of Topliss-reactive ketones (excluding diaryl/α,β-unsaturated/α-hetero) is 1. The fourth-order valence-corrected chi connectivity index (χ4v) is 5.00. The Morgan fingerprint density at radius 2 is 1.78 bits per heavy atom. The van der Waals surface area contributed by atoms with Gasteiger partial charge >= 0.3 is 0 Å². The summed E-state index contributed by atoms with van der Waals surface area (Å²) >= 11 is 3.31.